The lowest BCUT2D eigenvalue weighted by Gasteiger charge is -2.23. The normalized spacial score (nSPS) is 15.8. The van der Waals surface area contributed by atoms with Gasteiger partial charge in [-0.15, -0.1) is 0 Å². The second-order valence-corrected chi connectivity index (χ2v) is 7.09. The maximum absolute atomic E-state index is 13.0. The van der Waals surface area contributed by atoms with Crippen molar-refractivity contribution in [2.45, 2.75) is 45.1 Å². The first-order chi connectivity index (χ1) is 12.6. The highest BCUT2D eigenvalue weighted by molar-refractivity contribution is 5.99. The third-order valence-corrected chi connectivity index (χ3v) is 4.96. The number of carbonyl (C=O) groups excluding carboxylic acids is 2. The van der Waals surface area contributed by atoms with Gasteiger partial charge in [0.15, 0.2) is 0 Å². The Kier molecular flexibility index (Phi) is 5.71. The van der Waals surface area contributed by atoms with Crippen LogP contribution in [0, 0.1) is 5.92 Å². The number of carbonyl (C=O) groups is 2. The molecule has 0 unspecified atom stereocenters. The Labute approximate surface area is 155 Å². The monoisotopic (exact) mass is 350 g/mol. The number of hydrogen-bond acceptors (Lipinski definition) is 2. The molecule has 1 fully saturated rings. The Morgan fingerprint density at radius 1 is 1.08 bits per heavy atom. The lowest BCUT2D eigenvalue weighted by atomic mass is 9.85. The fourth-order valence-electron chi connectivity index (χ4n) is 3.09. The van der Waals surface area contributed by atoms with Crippen LogP contribution in [0.15, 0.2) is 54.6 Å². The quantitative estimate of drug-likeness (QED) is 0.780. The van der Waals surface area contributed by atoms with Crippen LogP contribution in [0.3, 0.4) is 0 Å². The average molecular weight is 350 g/mol. The molecule has 2 amide bonds. The Hall–Kier alpha value is -2.62. The number of nitrogens with one attached hydrogen (secondary N) is 2. The Morgan fingerprint density at radius 3 is 2.46 bits per heavy atom. The van der Waals surface area contributed by atoms with Gasteiger partial charge in [-0.05, 0) is 42.5 Å². The van der Waals surface area contributed by atoms with E-state index in [-0.39, 0.29) is 23.7 Å². The first-order valence-electron chi connectivity index (χ1n) is 9.35. The molecule has 0 heterocycles. The SMILES string of the molecule is CC[C@H](C)[C@@H](C(=O)Nc1cccc(C(=O)NC2CC2)c1)c1ccccc1. The maximum atomic E-state index is 13.0. The summed E-state index contributed by atoms with van der Waals surface area (Å²) < 4.78 is 0. The fraction of sp³-hybridized carbons (Fsp3) is 0.364. The van der Waals surface area contributed by atoms with Crippen LogP contribution in [-0.2, 0) is 4.79 Å². The Balaban J connectivity index is 1.75. The zero-order chi connectivity index (χ0) is 18.5. The van der Waals surface area contributed by atoms with Gasteiger partial charge in [0.2, 0.25) is 5.91 Å². The van der Waals surface area contributed by atoms with Gasteiger partial charge >= 0.3 is 0 Å². The molecule has 0 aliphatic heterocycles. The molecule has 1 aliphatic rings. The van der Waals surface area contributed by atoms with E-state index in [4.69, 9.17) is 0 Å². The van der Waals surface area contributed by atoms with Gasteiger partial charge in [0, 0.05) is 17.3 Å². The molecule has 136 valence electrons. The predicted molar refractivity (Wildman–Crippen MR) is 104 cm³/mol. The van der Waals surface area contributed by atoms with Crippen molar-refractivity contribution in [3.05, 3.63) is 65.7 Å². The minimum absolute atomic E-state index is 0.0368. The highest BCUT2D eigenvalue weighted by atomic mass is 16.2. The topological polar surface area (TPSA) is 58.2 Å². The van der Waals surface area contributed by atoms with E-state index >= 15 is 0 Å². The van der Waals surface area contributed by atoms with Crippen molar-refractivity contribution in [2.75, 3.05) is 5.32 Å². The summed E-state index contributed by atoms with van der Waals surface area (Å²) >= 11 is 0. The number of amides is 2. The summed E-state index contributed by atoms with van der Waals surface area (Å²) in [5.74, 6) is -0.112. The predicted octanol–water partition coefficient (Wildman–Crippen LogP) is 4.35. The Morgan fingerprint density at radius 2 is 1.81 bits per heavy atom. The molecule has 1 aliphatic carbocycles. The van der Waals surface area contributed by atoms with E-state index in [2.05, 4.69) is 24.5 Å². The molecule has 2 N–H and O–H groups in total. The molecule has 26 heavy (non-hydrogen) atoms. The van der Waals surface area contributed by atoms with Crippen molar-refractivity contribution < 1.29 is 9.59 Å². The fourth-order valence-corrected chi connectivity index (χ4v) is 3.09. The Bertz CT molecular complexity index is 769. The third kappa shape index (κ3) is 4.51. The maximum Gasteiger partial charge on any atom is 0.251 e. The van der Waals surface area contributed by atoms with Gasteiger partial charge in [-0.3, -0.25) is 9.59 Å². The van der Waals surface area contributed by atoms with Crippen molar-refractivity contribution in [3.63, 3.8) is 0 Å². The van der Waals surface area contributed by atoms with Crippen LogP contribution in [0.2, 0.25) is 0 Å². The van der Waals surface area contributed by atoms with Gasteiger partial charge in [-0.1, -0.05) is 56.7 Å². The molecule has 0 radical (unpaired) electrons. The molecule has 3 rings (SSSR count). The van der Waals surface area contributed by atoms with Crippen molar-refractivity contribution in [1.29, 1.82) is 0 Å². The smallest absolute Gasteiger partial charge is 0.251 e. The van der Waals surface area contributed by atoms with Gasteiger partial charge < -0.3 is 10.6 Å². The van der Waals surface area contributed by atoms with Crippen LogP contribution in [-0.4, -0.2) is 17.9 Å². The van der Waals surface area contributed by atoms with Crippen LogP contribution in [0.1, 0.15) is 54.9 Å². The van der Waals surface area contributed by atoms with Gasteiger partial charge in [0.1, 0.15) is 0 Å². The van der Waals surface area contributed by atoms with Crippen molar-refractivity contribution in [1.82, 2.24) is 5.32 Å². The van der Waals surface area contributed by atoms with E-state index in [9.17, 15) is 9.59 Å². The van der Waals surface area contributed by atoms with Crippen molar-refractivity contribution >= 4 is 17.5 Å². The van der Waals surface area contributed by atoms with Crippen LogP contribution in [0.4, 0.5) is 5.69 Å². The molecule has 1 saturated carbocycles. The molecule has 0 bridgehead atoms. The summed E-state index contributed by atoms with van der Waals surface area (Å²) in [6.07, 6.45) is 3.02. The van der Waals surface area contributed by atoms with Crippen LogP contribution < -0.4 is 10.6 Å². The van der Waals surface area contributed by atoms with Gasteiger partial charge in [0.25, 0.3) is 5.91 Å². The van der Waals surface area contributed by atoms with Crippen molar-refractivity contribution in [2.24, 2.45) is 5.92 Å². The second-order valence-electron chi connectivity index (χ2n) is 7.09. The number of rotatable bonds is 7. The van der Waals surface area contributed by atoms with Gasteiger partial charge in [-0.25, -0.2) is 0 Å². The third-order valence-electron chi connectivity index (χ3n) is 4.96. The largest absolute Gasteiger partial charge is 0.349 e. The van der Waals surface area contributed by atoms with E-state index in [0.29, 0.717) is 17.3 Å². The molecular formula is C22H26N2O2. The first-order valence-corrected chi connectivity index (χ1v) is 9.35. The second kappa shape index (κ2) is 8.17. The molecule has 2 atom stereocenters. The minimum atomic E-state index is -0.217. The number of anilines is 1. The van der Waals surface area contributed by atoms with Gasteiger partial charge in [0.05, 0.1) is 5.92 Å². The van der Waals surface area contributed by atoms with Crippen LogP contribution >= 0.6 is 0 Å². The highest BCUT2D eigenvalue weighted by Crippen LogP contribution is 2.28. The number of hydrogen-bond donors (Lipinski definition) is 2. The van der Waals surface area contributed by atoms with Gasteiger partial charge in [-0.2, -0.15) is 0 Å². The zero-order valence-corrected chi connectivity index (χ0v) is 15.4. The summed E-state index contributed by atoms with van der Waals surface area (Å²) in [5, 5.41) is 5.98. The first kappa shape index (κ1) is 18.2. The van der Waals surface area contributed by atoms with E-state index in [1.807, 2.05) is 36.4 Å². The molecule has 4 nitrogen and oxygen atoms in total. The van der Waals surface area contributed by atoms with Crippen LogP contribution in [0.5, 0.6) is 0 Å². The molecule has 2 aromatic carbocycles. The molecule has 2 aromatic rings. The molecule has 4 heteroatoms. The zero-order valence-electron chi connectivity index (χ0n) is 15.4. The van der Waals surface area contributed by atoms with Crippen molar-refractivity contribution in [3.8, 4) is 0 Å². The summed E-state index contributed by atoms with van der Waals surface area (Å²) in [6.45, 7) is 4.19. The van der Waals surface area contributed by atoms with E-state index in [1.165, 1.54) is 0 Å². The summed E-state index contributed by atoms with van der Waals surface area (Å²) in [4.78, 5) is 25.2. The van der Waals surface area contributed by atoms with E-state index in [0.717, 1.165) is 24.8 Å². The summed E-state index contributed by atoms with van der Waals surface area (Å²) in [7, 11) is 0. The highest BCUT2D eigenvalue weighted by Gasteiger charge is 2.26. The lowest BCUT2D eigenvalue weighted by molar-refractivity contribution is -0.118. The average Bonchev–Trinajstić information content (AvgIpc) is 3.47. The standard InChI is InChI=1S/C22H26N2O2/c1-3-15(2)20(16-8-5-4-6-9-16)22(26)24-19-11-7-10-17(14-19)21(25)23-18-12-13-18/h4-11,14-15,18,20H,3,12-13H2,1-2H3,(H,23,25)(H,24,26)/t15-,20+/m0/s1. The molecule has 0 saturated heterocycles. The summed E-state index contributed by atoms with van der Waals surface area (Å²) in [5.41, 5.74) is 2.25. The molecule has 0 aromatic heterocycles. The van der Waals surface area contributed by atoms with Crippen LogP contribution in [0.25, 0.3) is 0 Å². The van der Waals surface area contributed by atoms with E-state index in [1.54, 1.807) is 18.2 Å². The lowest BCUT2D eigenvalue weighted by Crippen LogP contribution is -2.27. The minimum Gasteiger partial charge on any atom is -0.349 e. The molecular weight excluding hydrogens is 324 g/mol. The summed E-state index contributed by atoms with van der Waals surface area (Å²) in [6, 6.07) is 17.3. The molecule has 0 spiro atoms. The number of benzene rings is 2. The van der Waals surface area contributed by atoms with E-state index < -0.39 is 0 Å².